The number of hydrogen-bond acceptors (Lipinski definition) is 0. The summed E-state index contributed by atoms with van der Waals surface area (Å²) in [5.41, 5.74) is 5.53. The van der Waals surface area contributed by atoms with Crippen molar-refractivity contribution in [2.24, 2.45) is 0 Å². The maximum atomic E-state index is 2.36. The quantitative estimate of drug-likeness (QED) is 0.259. The Labute approximate surface area is 131 Å². The molecule has 0 radical (unpaired) electrons. The molecule has 0 bridgehead atoms. The van der Waals surface area contributed by atoms with E-state index in [0.717, 1.165) is 0 Å². The number of fused-ring (bicyclic) bond motifs is 4. The van der Waals surface area contributed by atoms with Crippen molar-refractivity contribution in [1.82, 2.24) is 0 Å². The summed E-state index contributed by atoms with van der Waals surface area (Å²) in [6.07, 6.45) is 0. The van der Waals surface area contributed by atoms with Gasteiger partial charge in [-0.25, -0.2) is 0 Å². The molecular weight excluding hydrogens is 264 g/mol. The average Bonchev–Trinajstić information content (AvgIpc) is 2.53. The minimum Gasteiger partial charge on any atom is -0.0616 e. The van der Waals surface area contributed by atoms with E-state index >= 15 is 0 Å². The summed E-state index contributed by atoms with van der Waals surface area (Å²) in [6, 6.07) is 17.9. The lowest BCUT2D eigenvalue weighted by atomic mass is 9.88. The third-order valence-corrected chi connectivity index (χ3v) is 5.15. The molecule has 108 valence electrons. The molecule has 0 spiro atoms. The first-order valence-electron chi connectivity index (χ1n) is 7.89. The number of aryl methyl sites for hydroxylation is 4. The summed E-state index contributed by atoms with van der Waals surface area (Å²) in [5.74, 6) is 0. The molecule has 0 amide bonds. The van der Waals surface area contributed by atoms with Crippen molar-refractivity contribution < 1.29 is 0 Å². The highest BCUT2D eigenvalue weighted by atomic mass is 14.2. The Kier molecular flexibility index (Phi) is 2.77. The zero-order chi connectivity index (χ0) is 15.4. The minimum absolute atomic E-state index is 1.32. The third-order valence-electron chi connectivity index (χ3n) is 5.15. The standard InChI is InChI=1S/C22H20/c1-13-11-20-15(3)18-10-9-17-7-5-6-8-19(17)22(18)16(4)21(20)12-14(13)2/h5-12H,1-4H3. The summed E-state index contributed by atoms with van der Waals surface area (Å²) in [4.78, 5) is 0. The van der Waals surface area contributed by atoms with E-state index in [1.54, 1.807) is 0 Å². The molecule has 0 aromatic heterocycles. The zero-order valence-corrected chi connectivity index (χ0v) is 13.6. The first-order chi connectivity index (χ1) is 10.6. The second-order valence-electron chi connectivity index (χ2n) is 6.44. The van der Waals surface area contributed by atoms with Gasteiger partial charge in [-0.15, -0.1) is 0 Å². The van der Waals surface area contributed by atoms with Gasteiger partial charge >= 0.3 is 0 Å². The molecule has 0 saturated carbocycles. The molecule has 0 heteroatoms. The molecule has 22 heavy (non-hydrogen) atoms. The van der Waals surface area contributed by atoms with E-state index in [1.807, 2.05) is 0 Å². The van der Waals surface area contributed by atoms with Gasteiger partial charge in [-0.2, -0.15) is 0 Å². The SMILES string of the molecule is Cc1cc2c(C)c3ccc4ccccc4c3c(C)c2cc1C. The highest BCUT2D eigenvalue weighted by Crippen LogP contribution is 2.37. The van der Waals surface area contributed by atoms with Gasteiger partial charge in [0, 0.05) is 0 Å². The van der Waals surface area contributed by atoms with Crippen LogP contribution in [0.2, 0.25) is 0 Å². The fourth-order valence-corrected chi connectivity index (χ4v) is 3.70. The van der Waals surface area contributed by atoms with Crippen LogP contribution >= 0.6 is 0 Å². The zero-order valence-electron chi connectivity index (χ0n) is 13.6. The minimum atomic E-state index is 1.32. The van der Waals surface area contributed by atoms with Crippen LogP contribution in [0.4, 0.5) is 0 Å². The van der Waals surface area contributed by atoms with Crippen LogP contribution in [0.1, 0.15) is 22.3 Å². The normalized spacial score (nSPS) is 11.6. The van der Waals surface area contributed by atoms with Crippen LogP contribution in [0.25, 0.3) is 32.3 Å². The van der Waals surface area contributed by atoms with Crippen molar-refractivity contribution in [2.45, 2.75) is 27.7 Å². The van der Waals surface area contributed by atoms with Gasteiger partial charge in [-0.1, -0.05) is 48.5 Å². The maximum absolute atomic E-state index is 2.36. The van der Waals surface area contributed by atoms with E-state index in [9.17, 15) is 0 Å². The smallest absolute Gasteiger partial charge is 0.00670 e. The Bertz CT molecular complexity index is 1050. The van der Waals surface area contributed by atoms with Crippen molar-refractivity contribution >= 4 is 32.3 Å². The third kappa shape index (κ3) is 1.70. The van der Waals surface area contributed by atoms with Gasteiger partial charge in [0.1, 0.15) is 0 Å². The van der Waals surface area contributed by atoms with Gasteiger partial charge in [0.05, 0.1) is 0 Å². The van der Waals surface area contributed by atoms with Gasteiger partial charge in [-0.05, 0) is 82.3 Å². The molecule has 4 rings (SSSR count). The second-order valence-corrected chi connectivity index (χ2v) is 6.44. The van der Waals surface area contributed by atoms with Gasteiger partial charge in [0.2, 0.25) is 0 Å². The Morgan fingerprint density at radius 1 is 0.545 bits per heavy atom. The van der Waals surface area contributed by atoms with E-state index in [2.05, 4.69) is 76.2 Å². The molecule has 0 nitrogen and oxygen atoms in total. The largest absolute Gasteiger partial charge is 0.0616 e. The Morgan fingerprint density at radius 2 is 1.18 bits per heavy atom. The fraction of sp³-hybridized carbons (Fsp3) is 0.182. The van der Waals surface area contributed by atoms with Gasteiger partial charge in [0.25, 0.3) is 0 Å². The van der Waals surface area contributed by atoms with Gasteiger partial charge in [0.15, 0.2) is 0 Å². The molecule has 0 fully saturated rings. The van der Waals surface area contributed by atoms with Crippen molar-refractivity contribution in [3.8, 4) is 0 Å². The van der Waals surface area contributed by atoms with Crippen molar-refractivity contribution in [2.75, 3.05) is 0 Å². The van der Waals surface area contributed by atoms with Crippen LogP contribution in [0, 0.1) is 27.7 Å². The second kappa shape index (κ2) is 4.58. The lowest BCUT2D eigenvalue weighted by Gasteiger charge is -2.16. The van der Waals surface area contributed by atoms with Crippen LogP contribution in [-0.4, -0.2) is 0 Å². The van der Waals surface area contributed by atoms with Crippen LogP contribution in [0.15, 0.2) is 48.5 Å². The van der Waals surface area contributed by atoms with E-state index in [1.165, 1.54) is 54.6 Å². The summed E-state index contributed by atoms with van der Waals surface area (Å²) >= 11 is 0. The Balaban J connectivity index is 2.34. The van der Waals surface area contributed by atoms with Crippen molar-refractivity contribution in [3.05, 3.63) is 70.8 Å². The molecule has 4 aromatic rings. The Hall–Kier alpha value is -2.34. The van der Waals surface area contributed by atoms with Crippen LogP contribution in [0.3, 0.4) is 0 Å². The monoisotopic (exact) mass is 284 g/mol. The first-order valence-corrected chi connectivity index (χ1v) is 7.89. The van der Waals surface area contributed by atoms with Crippen molar-refractivity contribution in [3.63, 3.8) is 0 Å². The highest BCUT2D eigenvalue weighted by molar-refractivity contribution is 6.16. The lowest BCUT2D eigenvalue weighted by Crippen LogP contribution is -1.92. The van der Waals surface area contributed by atoms with Gasteiger partial charge < -0.3 is 0 Å². The van der Waals surface area contributed by atoms with Crippen LogP contribution < -0.4 is 0 Å². The van der Waals surface area contributed by atoms with E-state index in [-0.39, 0.29) is 0 Å². The maximum Gasteiger partial charge on any atom is -0.00670 e. The molecule has 0 atom stereocenters. The van der Waals surface area contributed by atoms with Crippen LogP contribution in [0.5, 0.6) is 0 Å². The molecular formula is C22H20. The topological polar surface area (TPSA) is 0 Å². The fourth-order valence-electron chi connectivity index (χ4n) is 3.70. The lowest BCUT2D eigenvalue weighted by molar-refractivity contribution is 1.36. The van der Waals surface area contributed by atoms with E-state index in [0.29, 0.717) is 0 Å². The molecule has 0 N–H and O–H groups in total. The van der Waals surface area contributed by atoms with E-state index < -0.39 is 0 Å². The molecule has 0 aliphatic rings. The highest BCUT2D eigenvalue weighted by Gasteiger charge is 2.12. The number of hydrogen-bond donors (Lipinski definition) is 0. The number of rotatable bonds is 0. The predicted molar refractivity (Wildman–Crippen MR) is 97.9 cm³/mol. The summed E-state index contributed by atoms with van der Waals surface area (Å²) in [6.45, 7) is 8.93. The summed E-state index contributed by atoms with van der Waals surface area (Å²) in [5, 5.41) is 8.26. The van der Waals surface area contributed by atoms with Crippen molar-refractivity contribution in [1.29, 1.82) is 0 Å². The molecule has 0 aliphatic heterocycles. The molecule has 0 heterocycles. The predicted octanol–water partition coefficient (Wildman–Crippen LogP) is 6.38. The van der Waals surface area contributed by atoms with E-state index in [4.69, 9.17) is 0 Å². The van der Waals surface area contributed by atoms with Crippen LogP contribution in [-0.2, 0) is 0 Å². The molecule has 0 saturated heterocycles. The average molecular weight is 284 g/mol. The summed E-state index contributed by atoms with van der Waals surface area (Å²) in [7, 11) is 0. The molecule has 0 aliphatic carbocycles. The molecule has 0 unspecified atom stereocenters. The molecule has 4 aromatic carbocycles. The Morgan fingerprint density at radius 3 is 1.91 bits per heavy atom. The number of benzene rings is 4. The summed E-state index contributed by atoms with van der Waals surface area (Å²) < 4.78 is 0. The van der Waals surface area contributed by atoms with Gasteiger partial charge in [-0.3, -0.25) is 0 Å². The first kappa shape index (κ1) is 13.3.